The molecule has 1 aromatic heterocycles. The minimum atomic E-state index is -1.48. The van der Waals surface area contributed by atoms with E-state index in [-0.39, 0.29) is 16.9 Å². The number of non-ortho nitro benzene ring substituents is 1. The third-order valence-electron chi connectivity index (χ3n) is 5.12. The van der Waals surface area contributed by atoms with Crippen LogP contribution in [0.15, 0.2) is 36.5 Å². The molecular weight excluding hydrogens is 458 g/mol. The van der Waals surface area contributed by atoms with E-state index in [1.54, 1.807) is 19.9 Å². The third-order valence-corrected chi connectivity index (χ3v) is 5.12. The van der Waals surface area contributed by atoms with E-state index in [4.69, 9.17) is 0 Å². The molecule has 172 valence electrons. The molecule has 0 N–H and O–H groups in total. The van der Waals surface area contributed by atoms with Gasteiger partial charge in [-0.25, -0.2) is 27.3 Å². The molecular formula is C22H13F4N5O3. The molecule has 3 aromatic rings. The summed E-state index contributed by atoms with van der Waals surface area (Å²) in [5, 5.41) is 20.3. The van der Waals surface area contributed by atoms with Crippen LogP contribution in [-0.2, 0) is 0 Å². The van der Waals surface area contributed by atoms with Crippen molar-refractivity contribution in [2.24, 2.45) is 0 Å². The predicted octanol–water partition coefficient (Wildman–Crippen LogP) is 5.57. The summed E-state index contributed by atoms with van der Waals surface area (Å²) in [6, 6.07) is 3.44. The van der Waals surface area contributed by atoms with Crippen LogP contribution in [0.4, 0.5) is 45.2 Å². The lowest BCUT2D eigenvalue weighted by molar-refractivity contribution is -0.385. The fourth-order valence-electron chi connectivity index (χ4n) is 3.76. The van der Waals surface area contributed by atoms with Crippen LogP contribution < -0.4 is 9.80 Å². The Morgan fingerprint density at radius 2 is 1.71 bits per heavy atom. The molecule has 0 bridgehead atoms. The molecule has 0 spiro atoms. The minimum Gasteiger partial charge on any atom is -0.275 e. The van der Waals surface area contributed by atoms with Gasteiger partial charge in [0.25, 0.3) is 5.69 Å². The summed E-state index contributed by atoms with van der Waals surface area (Å²) in [6.07, 6.45) is 0.797. The monoisotopic (exact) mass is 471 g/mol. The number of halogens is 4. The van der Waals surface area contributed by atoms with Crippen LogP contribution in [-0.4, -0.2) is 22.0 Å². The number of nitrogens with zero attached hydrogens (tertiary/aromatic N) is 5. The first-order chi connectivity index (χ1) is 16.0. The van der Waals surface area contributed by atoms with Gasteiger partial charge >= 0.3 is 6.03 Å². The number of hydrogen-bond donors (Lipinski definition) is 0. The first-order valence-corrected chi connectivity index (χ1v) is 9.71. The standard InChI is InChI=1S/C22H13F4N5O3/c1-10(2)29-21-14(5-12(23)9-28-21)19-15(24)3-11(8-27)4-18(19)30(22(29)32)20-16(25)6-13(31(33)34)7-17(20)26/h3-7,9-10H,1-2H3. The Labute approximate surface area is 189 Å². The average Bonchev–Trinajstić information content (AvgIpc) is 2.86. The second-order valence-corrected chi connectivity index (χ2v) is 7.59. The van der Waals surface area contributed by atoms with Crippen molar-refractivity contribution in [3.63, 3.8) is 0 Å². The molecule has 2 aromatic carbocycles. The van der Waals surface area contributed by atoms with Gasteiger partial charge in [0, 0.05) is 17.2 Å². The summed E-state index contributed by atoms with van der Waals surface area (Å²) in [7, 11) is 0. The average molecular weight is 471 g/mol. The number of carbonyl (C=O) groups is 1. The Hall–Kier alpha value is -4.53. The smallest absolute Gasteiger partial charge is 0.275 e. The van der Waals surface area contributed by atoms with Gasteiger partial charge in [-0.1, -0.05) is 0 Å². The number of anilines is 3. The van der Waals surface area contributed by atoms with Gasteiger partial charge in [-0.3, -0.25) is 19.9 Å². The van der Waals surface area contributed by atoms with Crippen LogP contribution >= 0.6 is 0 Å². The summed E-state index contributed by atoms with van der Waals surface area (Å²) in [5.41, 5.74) is -3.33. The third kappa shape index (κ3) is 3.47. The van der Waals surface area contributed by atoms with Crippen LogP contribution in [0.3, 0.4) is 0 Å². The van der Waals surface area contributed by atoms with Crippen molar-refractivity contribution in [2.75, 3.05) is 9.80 Å². The number of fused-ring (bicyclic) bond motifs is 3. The number of nitriles is 1. The number of hydrogen-bond acceptors (Lipinski definition) is 5. The number of benzene rings is 2. The molecule has 4 rings (SSSR count). The summed E-state index contributed by atoms with van der Waals surface area (Å²) >= 11 is 0. The maximum absolute atomic E-state index is 15.3. The van der Waals surface area contributed by atoms with Gasteiger partial charge in [-0.15, -0.1) is 0 Å². The highest BCUT2D eigenvalue weighted by molar-refractivity contribution is 6.15. The Morgan fingerprint density at radius 1 is 1.06 bits per heavy atom. The van der Waals surface area contributed by atoms with Gasteiger partial charge in [0.05, 0.1) is 40.6 Å². The van der Waals surface area contributed by atoms with Crippen LogP contribution in [0, 0.1) is 44.7 Å². The highest BCUT2D eigenvalue weighted by Gasteiger charge is 2.39. The van der Waals surface area contributed by atoms with Gasteiger partial charge in [0.2, 0.25) is 0 Å². The largest absolute Gasteiger partial charge is 0.335 e. The number of rotatable bonds is 3. The molecule has 12 heteroatoms. The van der Waals surface area contributed by atoms with Crippen molar-refractivity contribution in [3.8, 4) is 17.2 Å². The van der Waals surface area contributed by atoms with Crippen molar-refractivity contribution in [3.05, 3.63) is 75.5 Å². The number of nitro groups is 1. The van der Waals surface area contributed by atoms with Crippen molar-refractivity contribution in [2.45, 2.75) is 19.9 Å². The molecule has 0 saturated heterocycles. The zero-order valence-corrected chi connectivity index (χ0v) is 17.5. The van der Waals surface area contributed by atoms with E-state index >= 15 is 13.2 Å². The van der Waals surface area contributed by atoms with Crippen molar-refractivity contribution in [1.82, 2.24) is 4.98 Å². The van der Waals surface area contributed by atoms with Gasteiger partial charge in [-0.2, -0.15) is 5.26 Å². The lowest BCUT2D eigenvalue weighted by Crippen LogP contribution is -2.45. The van der Waals surface area contributed by atoms with Crippen LogP contribution in [0.2, 0.25) is 0 Å². The van der Waals surface area contributed by atoms with E-state index in [0.29, 0.717) is 17.0 Å². The summed E-state index contributed by atoms with van der Waals surface area (Å²) in [4.78, 5) is 29.0. The maximum atomic E-state index is 15.3. The number of amides is 2. The molecule has 2 amide bonds. The van der Waals surface area contributed by atoms with E-state index in [1.807, 2.05) is 0 Å². The molecule has 0 saturated carbocycles. The lowest BCUT2D eigenvalue weighted by Gasteiger charge is -2.31. The summed E-state index contributed by atoms with van der Waals surface area (Å²) in [6.45, 7) is 3.08. The SMILES string of the molecule is CC(C)N1C(=O)N(c2c(F)cc([N+](=O)[O-])cc2F)c2cc(C#N)cc(F)c2-c2cc(F)cnc21. The fraction of sp³-hybridized carbons (Fsp3) is 0.136. The Bertz CT molecular complexity index is 1400. The van der Waals surface area contributed by atoms with Crippen LogP contribution in [0.5, 0.6) is 0 Å². The molecule has 34 heavy (non-hydrogen) atoms. The molecule has 1 aliphatic heterocycles. The predicted molar refractivity (Wildman–Crippen MR) is 112 cm³/mol. The van der Waals surface area contributed by atoms with E-state index in [0.717, 1.165) is 29.3 Å². The van der Waals surface area contributed by atoms with Crippen molar-refractivity contribution < 1.29 is 27.3 Å². The molecule has 0 atom stereocenters. The number of pyridine rings is 1. The highest BCUT2D eigenvalue weighted by atomic mass is 19.1. The van der Waals surface area contributed by atoms with E-state index in [9.17, 15) is 24.6 Å². The molecule has 0 aliphatic carbocycles. The first-order valence-electron chi connectivity index (χ1n) is 9.71. The van der Waals surface area contributed by atoms with Gasteiger partial charge in [0.1, 0.15) is 23.1 Å². The van der Waals surface area contributed by atoms with E-state index in [1.165, 1.54) is 0 Å². The number of urea groups is 1. The molecule has 1 aliphatic rings. The van der Waals surface area contributed by atoms with E-state index < -0.39 is 62.9 Å². The highest BCUT2D eigenvalue weighted by Crippen LogP contribution is 2.47. The summed E-state index contributed by atoms with van der Waals surface area (Å²) < 4.78 is 59.6. The van der Waals surface area contributed by atoms with Crippen molar-refractivity contribution in [1.29, 1.82) is 5.26 Å². The molecule has 2 heterocycles. The second kappa shape index (κ2) is 8.11. The molecule has 0 unspecified atom stereocenters. The first kappa shape index (κ1) is 22.7. The zero-order valence-electron chi connectivity index (χ0n) is 17.5. The van der Waals surface area contributed by atoms with Crippen molar-refractivity contribution >= 4 is 28.9 Å². The van der Waals surface area contributed by atoms with E-state index in [2.05, 4.69) is 4.98 Å². The maximum Gasteiger partial charge on any atom is 0.335 e. The van der Waals surface area contributed by atoms with Gasteiger partial charge in [0.15, 0.2) is 11.6 Å². The van der Waals surface area contributed by atoms with Gasteiger partial charge < -0.3 is 0 Å². The minimum absolute atomic E-state index is 0.184. The molecule has 0 radical (unpaired) electrons. The number of aromatic nitrogens is 1. The zero-order chi connectivity index (χ0) is 24.9. The Morgan fingerprint density at radius 3 is 2.26 bits per heavy atom. The Kier molecular flexibility index (Phi) is 5.40. The number of carbonyl (C=O) groups excluding carboxylic acids is 1. The normalized spacial score (nSPS) is 12.8. The molecule has 8 nitrogen and oxygen atoms in total. The second-order valence-electron chi connectivity index (χ2n) is 7.59. The summed E-state index contributed by atoms with van der Waals surface area (Å²) in [5.74, 6) is -5.10. The van der Waals surface area contributed by atoms with Crippen LogP contribution in [0.25, 0.3) is 11.1 Å². The van der Waals surface area contributed by atoms with Gasteiger partial charge in [-0.05, 0) is 32.0 Å². The number of nitro benzene ring substituents is 1. The quantitative estimate of drug-likeness (QED) is 0.282. The molecule has 0 fully saturated rings. The van der Waals surface area contributed by atoms with Crippen LogP contribution in [0.1, 0.15) is 19.4 Å². The Balaban J connectivity index is 2.16. The fourth-order valence-corrected chi connectivity index (χ4v) is 3.76. The topological polar surface area (TPSA) is 103 Å². The lowest BCUT2D eigenvalue weighted by atomic mass is 10.00.